The van der Waals surface area contributed by atoms with Crippen molar-refractivity contribution in [1.82, 2.24) is 4.79 Å². The maximum atomic E-state index is 12.8. The Kier molecular flexibility index (Phi) is 1.30. The molecule has 1 heterocycles. The topological polar surface area (TPSA) is 35.1 Å². The van der Waals surface area contributed by atoms with Crippen LogP contribution in [0.3, 0.4) is 0 Å². The van der Waals surface area contributed by atoms with Crippen LogP contribution in [0.2, 0.25) is 0 Å². The first-order valence-corrected chi connectivity index (χ1v) is 3.47. The lowest BCUT2D eigenvalue weighted by Gasteiger charge is -1.89. The molecule has 0 amide bonds. The predicted octanol–water partition coefficient (Wildman–Crippen LogP) is 1.64. The number of fused-ring (bicyclic) bond motifs is 1. The highest BCUT2D eigenvalue weighted by atomic mass is 19.2. The summed E-state index contributed by atoms with van der Waals surface area (Å²) in [5.41, 5.74) is 1.38. The monoisotopic (exact) mass is 167 g/mol. The summed E-state index contributed by atoms with van der Waals surface area (Å²) in [6.07, 6.45) is 0. The highest BCUT2D eigenvalue weighted by molar-refractivity contribution is 5.73. The molecule has 12 heavy (non-hydrogen) atoms. The molecular weight excluding hydrogens is 161 g/mol. The molecule has 0 spiro atoms. The molecule has 0 bridgehead atoms. The van der Waals surface area contributed by atoms with Crippen LogP contribution in [0.4, 0.5) is 4.48 Å². The molecule has 1 aromatic heterocycles. The first-order valence-electron chi connectivity index (χ1n) is 3.47. The van der Waals surface area contributed by atoms with Crippen molar-refractivity contribution in [1.29, 1.82) is 0 Å². The van der Waals surface area contributed by atoms with Gasteiger partial charge in [0, 0.05) is 0 Å². The first kappa shape index (κ1) is 7.09. The fraction of sp³-hybridized carbons (Fsp3) is 0.125. The zero-order chi connectivity index (χ0) is 8.72. The van der Waals surface area contributed by atoms with E-state index in [-0.39, 0.29) is 15.9 Å². The van der Waals surface area contributed by atoms with Crippen LogP contribution in [0.25, 0.3) is 11.1 Å². The second-order valence-corrected chi connectivity index (χ2v) is 2.62. The van der Waals surface area contributed by atoms with Crippen LogP contribution in [-0.4, -0.2) is 4.79 Å². The van der Waals surface area contributed by atoms with Gasteiger partial charge in [-0.3, -0.25) is 0 Å². The second kappa shape index (κ2) is 2.20. The number of oxazole rings is 1. The number of benzene rings is 1. The minimum atomic E-state index is -0.976. The van der Waals surface area contributed by atoms with Gasteiger partial charge in [-0.1, -0.05) is 10.5 Å². The third kappa shape index (κ3) is 0.845. The first-order chi connectivity index (χ1) is 5.68. The number of hydrogen-bond donors (Lipinski definition) is 0. The number of hydrogen-bond acceptors (Lipinski definition) is 2. The van der Waals surface area contributed by atoms with Crippen molar-refractivity contribution in [2.75, 3.05) is 0 Å². The normalized spacial score (nSPS) is 10.8. The minimum Gasteiger partial charge on any atom is -0.406 e. The summed E-state index contributed by atoms with van der Waals surface area (Å²) < 4.78 is 17.4. The molecule has 62 valence electrons. The Balaban J connectivity index is 2.96. The zero-order valence-electron chi connectivity index (χ0n) is 6.37. The molecule has 0 saturated carbocycles. The van der Waals surface area contributed by atoms with Crippen molar-refractivity contribution in [3.05, 3.63) is 34.3 Å². The van der Waals surface area contributed by atoms with Crippen LogP contribution in [0.1, 0.15) is 5.56 Å². The fourth-order valence-electron chi connectivity index (χ4n) is 1.10. The van der Waals surface area contributed by atoms with E-state index < -0.39 is 5.76 Å². The predicted molar refractivity (Wildman–Crippen MR) is 41.7 cm³/mol. The van der Waals surface area contributed by atoms with Gasteiger partial charge in [0.1, 0.15) is 5.52 Å². The SMILES string of the molecule is Cc1ccc2c(c1)oc(=O)n2F. The van der Waals surface area contributed by atoms with Crippen molar-refractivity contribution >= 4 is 11.1 Å². The quantitative estimate of drug-likeness (QED) is 0.597. The van der Waals surface area contributed by atoms with Crippen molar-refractivity contribution < 1.29 is 8.90 Å². The third-order valence-electron chi connectivity index (χ3n) is 1.68. The van der Waals surface area contributed by atoms with Gasteiger partial charge in [-0.2, -0.15) is 0 Å². The van der Waals surface area contributed by atoms with Crippen LogP contribution in [0.5, 0.6) is 0 Å². The molecule has 0 atom stereocenters. The summed E-state index contributed by atoms with van der Waals surface area (Å²) in [5.74, 6) is -0.976. The number of aromatic nitrogens is 1. The van der Waals surface area contributed by atoms with Gasteiger partial charge in [-0.05, 0) is 24.6 Å². The van der Waals surface area contributed by atoms with Crippen molar-refractivity contribution in [2.24, 2.45) is 0 Å². The maximum Gasteiger partial charge on any atom is 0.448 e. The lowest BCUT2D eigenvalue weighted by atomic mass is 10.2. The van der Waals surface area contributed by atoms with Crippen LogP contribution < -0.4 is 5.76 Å². The Bertz CT molecular complexity index is 483. The number of halogens is 1. The van der Waals surface area contributed by atoms with E-state index in [1.807, 2.05) is 6.92 Å². The second-order valence-electron chi connectivity index (χ2n) is 2.62. The summed E-state index contributed by atoms with van der Waals surface area (Å²) in [4.78, 5) is 10.7. The van der Waals surface area contributed by atoms with E-state index in [1.165, 1.54) is 6.07 Å². The van der Waals surface area contributed by atoms with E-state index in [1.54, 1.807) is 12.1 Å². The lowest BCUT2D eigenvalue weighted by molar-refractivity contribution is 0.331. The maximum absolute atomic E-state index is 12.8. The molecule has 2 aromatic rings. The van der Waals surface area contributed by atoms with Gasteiger partial charge in [0.2, 0.25) is 0 Å². The summed E-state index contributed by atoms with van der Waals surface area (Å²) in [6.45, 7) is 1.84. The van der Waals surface area contributed by atoms with Gasteiger partial charge in [-0.25, -0.2) is 4.79 Å². The Morgan fingerprint density at radius 1 is 1.50 bits per heavy atom. The number of rotatable bonds is 0. The highest BCUT2D eigenvalue weighted by Gasteiger charge is 2.07. The van der Waals surface area contributed by atoms with Crippen molar-refractivity contribution in [3.8, 4) is 0 Å². The smallest absolute Gasteiger partial charge is 0.406 e. The van der Waals surface area contributed by atoms with Crippen molar-refractivity contribution in [2.45, 2.75) is 6.92 Å². The Hall–Kier alpha value is -1.58. The van der Waals surface area contributed by atoms with Crippen LogP contribution >= 0.6 is 0 Å². The molecule has 0 N–H and O–H groups in total. The fourth-order valence-corrected chi connectivity index (χ4v) is 1.10. The molecule has 2 rings (SSSR count). The van der Waals surface area contributed by atoms with E-state index >= 15 is 0 Å². The molecule has 0 radical (unpaired) electrons. The van der Waals surface area contributed by atoms with E-state index in [4.69, 9.17) is 0 Å². The van der Waals surface area contributed by atoms with Crippen molar-refractivity contribution in [3.63, 3.8) is 0 Å². The average molecular weight is 167 g/mol. The number of nitrogens with zero attached hydrogens (tertiary/aromatic N) is 1. The van der Waals surface area contributed by atoms with Gasteiger partial charge in [-0.15, -0.1) is 4.79 Å². The number of aryl methyl sites for hydroxylation is 1. The highest BCUT2D eigenvalue weighted by Crippen LogP contribution is 2.13. The summed E-state index contributed by atoms with van der Waals surface area (Å²) >= 11 is 0. The summed E-state index contributed by atoms with van der Waals surface area (Å²) in [6, 6.07) is 4.84. The lowest BCUT2D eigenvalue weighted by Crippen LogP contribution is -2.04. The molecule has 0 aliphatic carbocycles. The molecule has 0 fully saturated rings. The molecule has 4 heteroatoms. The largest absolute Gasteiger partial charge is 0.448 e. The van der Waals surface area contributed by atoms with Crippen LogP contribution in [-0.2, 0) is 0 Å². The Labute approximate surface area is 67.0 Å². The van der Waals surface area contributed by atoms with E-state index in [2.05, 4.69) is 4.42 Å². The van der Waals surface area contributed by atoms with Gasteiger partial charge < -0.3 is 4.42 Å². The molecule has 0 aliphatic heterocycles. The molecule has 1 aromatic carbocycles. The van der Waals surface area contributed by atoms with Gasteiger partial charge in [0.05, 0.1) is 0 Å². The summed E-state index contributed by atoms with van der Waals surface area (Å²) in [5, 5.41) is 0. The molecule has 0 saturated heterocycles. The summed E-state index contributed by atoms with van der Waals surface area (Å²) in [7, 11) is 0. The molecule has 0 unspecified atom stereocenters. The molecule has 3 nitrogen and oxygen atoms in total. The van der Waals surface area contributed by atoms with E-state index in [9.17, 15) is 9.28 Å². The minimum absolute atomic E-state index is 0.00519. The van der Waals surface area contributed by atoms with E-state index in [0.29, 0.717) is 0 Å². The molecular formula is C8H6FNO2. The third-order valence-corrected chi connectivity index (χ3v) is 1.68. The van der Waals surface area contributed by atoms with Gasteiger partial charge >= 0.3 is 5.76 Å². The molecule has 0 aliphatic rings. The van der Waals surface area contributed by atoms with Crippen LogP contribution in [0, 0.1) is 6.92 Å². The Morgan fingerprint density at radius 2 is 2.25 bits per heavy atom. The van der Waals surface area contributed by atoms with Crippen LogP contribution in [0.15, 0.2) is 27.4 Å². The Morgan fingerprint density at radius 3 is 3.00 bits per heavy atom. The standard InChI is InChI=1S/C8H6FNO2/c1-5-2-3-6-7(4-5)12-8(11)10(6)9/h2-4H,1H3. The zero-order valence-corrected chi connectivity index (χ0v) is 6.37. The van der Waals surface area contributed by atoms with Gasteiger partial charge in [0.25, 0.3) is 0 Å². The van der Waals surface area contributed by atoms with E-state index in [0.717, 1.165) is 5.56 Å². The average Bonchev–Trinajstić information content (AvgIpc) is 2.28. The van der Waals surface area contributed by atoms with Gasteiger partial charge in [0.15, 0.2) is 5.58 Å².